The molecule has 2 N–H and O–H groups in total. The lowest BCUT2D eigenvalue weighted by molar-refractivity contribution is -0.122. The minimum atomic E-state index is -0.576. The van der Waals surface area contributed by atoms with Gasteiger partial charge in [-0.3, -0.25) is 9.89 Å². The van der Waals surface area contributed by atoms with Crippen molar-refractivity contribution < 1.29 is 9.53 Å². The van der Waals surface area contributed by atoms with Gasteiger partial charge < -0.3 is 10.1 Å². The number of ether oxygens (including phenoxy) is 1. The third-order valence-corrected chi connectivity index (χ3v) is 3.13. The van der Waals surface area contributed by atoms with Gasteiger partial charge in [-0.25, -0.2) is 0 Å². The van der Waals surface area contributed by atoms with Crippen molar-refractivity contribution in [2.24, 2.45) is 0 Å². The maximum Gasteiger partial charge on any atom is 0.265 e. The molecule has 0 aliphatic rings. The summed E-state index contributed by atoms with van der Waals surface area (Å²) in [5.41, 5.74) is 1.65. The maximum absolute atomic E-state index is 12.1. The van der Waals surface area contributed by atoms with E-state index < -0.39 is 6.10 Å². The number of carbonyl (C=O) groups is 1. The summed E-state index contributed by atoms with van der Waals surface area (Å²) in [7, 11) is 0. The van der Waals surface area contributed by atoms with Gasteiger partial charge in [-0.1, -0.05) is 18.2 Å². The van der Waals surface area contributed by atoms with Crippen molar-refractivity contribution in [3.8, 4) is 5.75 Å². The number of carbonyl (C=O) groups excluding carboxylic acids is 1. The number of para-hydroxylation sites is 1. The SMILES string of the molecule is C[C@H](Oc1ccccc1)C(=O)Nc1ccc2[nH]ncc2c1. The Hall–Kier alpha value is -2.82. The van der Waals surface area contributed by atoms with E-state index in [0.29, 0.717) is 5.75 Å². The zero-order chi connectivity index (χ0) is 14.7. The molecule has 5 heteroatoms. The molecule has 1 amide bonds. The minimum Gasteiger partial charge on any atom is -0.481 e. The number of aromatic amines is 1. The minimum absolute atomic E-state index is 0.193. The van der Waals surface area contributed by atoms with Crippen LogP contribution in [0.1, 0.15) is 6.92 Å². The lowest BCUT2D eigenvalue weighted by atomic mass is 10.2. The summed E-state index contributed by atoms with van der Waals surface area (Å²) in [6.07, 6.45) is 1.14. The van der Waals surface area contributed by atoms with Crippen LogP contribution in [0.2, 0.25) is 0 Å². The van der Waals surface area contributed by atoms with Crippen LogP contribution in [-0.4, -0.2) is 22.2 Å². The van der Waals surface area contributed by atoms with E-state index in [4.69, 9.17) is 4.74 Å². The number of aromatic nitrogens is 2. The van der Waals surface area contributed by atoms with Crippen LogP contribution in [0.5, 0.6) is 5.75 Å². The van der Waals surface area contributed by atoms with Crippen molar-refractivity contribution >= 4 is 22.5 Å². The predicted octanol–water partition coefficient (Wildman–Crippen LogP) is 2.97. The van der Waals surface area contributed by atoms with Crippen LogP contribution in [0.15, 0.2) is 54.7 Å². The molecule has 0 saturated carbocycles. The molecular formula is C16H15N3O2. The van der Waals surface area contributed by atoms with Gasteiger partial charge in [0.2, 0.25) is 0 Å². The van der Waals surface area contributed by atoms with Crippen molar-refractivity contribution in [2.75, 3.05) is 5.32 Å². The van der Waals surface area contributed by atoms with Crippen LogP contribution in [0, 0.1) is 0 Å². The summed E-state index contributed by atoms with van der Waals surface area (Å²) < 4.78 is 5.59. The molecule has 0 radical (unpaired) electrons. The molecule has 0 fully saturated rings. The lowest BCUT2D eigenvalue weighted by Gasteiger charge is -2.14. The molecule has 0 bridgehead atoms. The predicted molar refractivity (Wildman–Crippen MR) is 81.3 cm³/mol. The average Bonchev–Trinajstić information content (AvgIpc) is 2.95. The summed E-state index contributed by atoms with van der Waals surface area (Å²) >= 11 is 0. The van der Waals surface area contributed by atoms with Gasteiger partial charge in [-0.05, 0) is 37.3 Å². The smallest absolute Gasteiger partial charge is 0.265 e. The van der Waals surface area contributed by atoms with E-state index in [9.17, 15) is 4.79 Å². The molecule has 5 nitrogen and oxygen atoms in total. The fraction of sp³-hybridized carbons (Fsp3) is 0.125. The number of nitrogens with zero attached hydrogens (tertiary/aromatic N) is 1. The highest BCUT2D eigenvalue weighted by Gasteiger charge is 2.14. The molecule has 0 unspecified atom stereocenters. The Morgan fingerprint density at radius 1 is 1.24 bits per heavy atom. The number of fused-ring (bicyclic) bond motifs is 1. The molecule has 106 valence electrons. The highest BCUT2D eigenvalue weighted by Crippen LogP contribution is 2.17. The number of benzene rings is 2. The van der Waals surface area contributed by atoms with Gasteiger partial charge in [-0.2, -0.15) is 5.10 Å². The van der Waals surface area contributed by atoms with Crippen molar-refractivity contribution in [2.45, 2.75) is 13.0 Å². The van der Waals surface area contributed by atoms with Crippen molar-refractivity contribution in [1.82, 2.24) is 10.2 Å². The zero-order valence-electron chi connectivity index (χ0n) is 11.5. The Kier molecular flexibility index (Phi) is 3.55. The van der Waals surface area contributed by atoms with Crippen LogP contribution in [0.3, 0.4) is 0 Å². The van der Waals surface area contributed by atoms with Crippen molar-refractivity contribution in [3.05, 3.63) is 54.7 Å². The van der Waals surface area contributed by atoms with Crippen LogP contribution >= 0.6 is 0 Å². The molecule has 0 spiro atoms. The van der Waals surface area contributed by atoms with Crippen LogP contribution in [-0.2, 0) is 4.79 Å². The molecule has 21 heavy (non-hydrogen) atoms. The van der Waals surface area contributed by atoms with Crippen LogP contribution in [0.25, 0.3) is 10.9 Å². The number of nitrogens with one attached hydrogen (secondary N) is 2. The molecule has 0 aliphatic heterocycles. The largest absolute Gasteiger partial charge is 0.481 e. The monoisotopic (exact) mass is 281 g/mol. The van der Waals surface area contributed by atoms with Gasteiger partial charge >= 0.3 is 0 Å². The fourth-order valence-electron chi connectivity index (χ4n) is 2.02. The summed E-state index contributed by atoms with van der Waals surface area (Å²) in [4.78, 5) is 12.1. The van der Waals surface area contributed by atoms with Gasteiger partial charge in [0.05, 0.1) is 11.7 Å². The molecular weight excluding hydrogens is 266 g/mol. The van der Waals surface area contributed by atoms with Crippen LogP contribution < -0.4 is 10.1 Å². The molecule has 3 aromatic rings. The van der Waals surface area contributed by atoms with Crippen molar-refractivity contribution in [3.63, 3.8) is 0 Å². The van der Waals surface area contributed by atoms with Crippen molar-refractivity contribution in [1.29, 1.82) is 0 Å². The van der Waals surface area contributed by atoms with Gasteiger partial charge in [0, 0.05) is 11.1 Å². The number of anilines is 1. The average molecular weight is 281 g/mol. The molecule has 0 saturated heterocycles. The Morgan fingerprint density at radius 2 is 2.05 bits per heavy atom. The quantitative estimate of drug-likeness (QED) is 0.772. The summed E-state index contributed by atoms with van der Waals surface area (Å²) in [6, 6.07) is 14.8. The molecule has 1 aromatic heterocycles. The van der Waals surface area contributed by atoms with Gasteiger partial charge in [0.15, 0.2) is 6.10 Å². The third kappa shape index (κ3) is 3.02. The van der Waals surface area contributed by atoms with E-state index in [1.807, 2.05) is 48.5 Å². The Labute approximate surface area is 121 Å². The molecule has 0 aliphatic carbocycles. The van der Waals surface area contributed by atoms with Crippen LogP contribution in [0.4, 0.5) is 5.69 Å². The van der Waals surface area contributed by atoms with E-state index in [0.717, 1.165) is 16.6 Å². The standard InChI is InChI=1S/C16H15N3O2/c1-11(21-14-5-3-2-4-6-14)16(20)18-13-7-8-15-12(9-13)10-17-19-15/h2-11H,1H3,(H,17,19)(H,18,20)/t11-/m0/s1. The van der Waals surface area contributed by atoms with Gasteiger partial charge in [0.25, 0.3) is 5.91 Å². The van der Waals surface area contributed by atoms with Gasteiger partial charge in [-0.15, -0.1) is 0 Å². The lowest BCUT2D eigenvalue weighted by Crippen LogP contribution is -2.30. The topological polar surface area (TPSA) is 67.0 Å². The Balaban J connectivity index is 1.67. The molecule has 3 rings (SSSR count). The third-order valence-electron chi connectivity index (χ3n) is 3.13. The second kappa shape index (κ2) is 5.66. The number of H-pyrrole nitrogens is 1. The number of hydrogen-bond acceptors (Lipinski definition) is 3. The van der Waals surface area contributed by atoms with E-state index in [2.05, 4.69) is 15.5 Å². The highest BCUT2D eigenvalue weighted by molar-refractivity contribution is 5.96. The molecule has 1 heterocycles. The van der Waals surface area contributed by atoms with E-state index in [1.165, 1.54) is 0 Å². The maximum atomic E-state index is 12.1. The first-order valence-corrected chi connectivity index (χ1v) is 6.68. The molecule has 1 atom stereocenters. The van der Waals surface area contributed by atoms with E-state index in [1.54, 1.807) is 13.1 Å². The molecule has 2 aromatic carbocycles. The van der Waals surface area contributed by atoms with E-state index in [-0.39, 0.29) is 5.91 Å². The second-order valence-electron chi connectivity index (χ2n) is 4.73. The van der Waals surface area contributed by atoms with E-state index >= 15 is 0 Å². The number of rotatable bonds is 4. The summed E-state index contributed by atoms with van der Waals surface area (Å²) in [5.74, 6) is 0.479. The first kappa shape index (κ1) is 13.2. The summed E-state index contributed by atoms with van der Waals surface area (Å²) in [5, 5.41) is 10.6. The highest BCUT2D eigenvalue weighted by atomic mass is 16.5. The van der Waals surface area contributed by atoms with Gasteiger partial charge in [0.1, 0.15) is 5.75 Å². The Morgan fingerprint density at radius 3 is 2.86 bits per heavy atom. The number of hydrogen-bond donors (Lipinski definition) is 2. The fourth-order valence-corrected chi connectivity index (χ4v) is 2.02. The second-order valence-corrected chi connectivity index (χ2v) is 4.73. The summed E-state index contributed by atoms with van der Waals surface area (Å²) in [6.45, 7) is 1.72. The first-order valence-electron chi connectivity index (χ1n) is 6.68. The number of amides is 1. The Bertz CT molecular complexity index is 752. The first-order chi connectivity index (χ1) is 10.2. The normalized spacial score (nSPS) is 12.0. The zero-order valence-corrected chi connectivity index (χ0v) is 11.5.